The van der Waals surface area contributed by atoms with Gasteiger partial charge in [0.2, 0.25) is 5.91 Å². The third-order valence-electron chi connectivity index (χ3n) is 1.85. The molecule has 3 nitrogen and oxygen atoms in total. The summed E-state index contributed by atoms with van der Waals surface area (Å²) in [6.07, 6.45) is 0. The average molecular weight is 257 g/mol. The lowest BCUT2D eigenvalue weighted by Crippen LogP contribution is -2.28. The van der Waals surface area contributed by atoms with Crippen LogP contribution in [-0.2, 0) is 11.3 Å². The first-order chi connectivity index (χ1) is 6.59. The van der Waals surface area contributed by atoms with Crippen molar-refractivity contribution in [3.63, 3.8) is 0 Å². The summed E-state index contributed by atoms with van der Waals surface area (Å²) in [4.78, 5) is 10.5. The van der Waals surface area contributed by atoms with E-state index in [1.807, 2.05) is 19.1 Å². The Morgan fingerprint density at radius 1 is 1.57 bits per heavy atom. The maximum absolute atomic E-state index is 10.5. The van der Waals surface area contributed by atoms with Gasteiger partial charge in [0, 0.05) is 11.0 Å². The van der Waals surface area contributed by atoms with Crippen LogP contribution in [0.1, 0.15) is 11.1 Å². The summed E-state index contributed by atoms with van der Waals surface area (Å²) < 4.78 is 1.09. The predicted molar refractivity (Wildman–Crippen MR) is 59.8 cm³/mol. The number of primary amides is 1. The van der Waals surface area contributed by atoms with E-state index in [2.05, 4.69) is 27.3 Å². The number of benzene rings is 1. The largest absolute Gasteiger partial charge is 0.369 e. The number of aryl methyl sites for hydroxylation is 1. The molecule has 1 amide bonds. The molecule has 0 aliphatic carbocycles. The summed E-state index contributed by atoms with van der Waals surface area (Å²) in [7, 11) is 0. The van der Waals surface area contributed by atoms with Gasteiger partial charge in [0.1, 0.15) is 0 Å². The number of carbonyl (C=O) groups is 1. The number of nitrogens with two attached hydrogens (primary N) is 1. The second-order valence-corrected chi connectivity index (χ2v) is 4.01. The summed E-state index contributed by atoms with van der Waals surface area (Å²) >= 11 is 3.43. The molecular weight excluding hydrogens is 244 g/mol. The lowest BCUT2D eigenvalue weighted by Gasteiger charge is -2.04. The lowest BCUT2D eigenvalue weighted by atomic mass is 10.1. The molecule has 76 valence electrons. The molecule has 0 saturated heterocycles. The fraction of sp³-hybridized carbons (Fsp3) is 0.300. The predicted octanol–water partition coefficient (Wildman–Crippen LogP) is 1.33. The second kappa shape index (κ2) is 5.12. The minimum absolute atomic E-state index is 0.217. The van der Waals surface area contributed by atoms with Crippen molar-refractivity contribution in [1.82, 2.24) is 5.32 Å². The van der Waals surface area contributed by atoms with Crippen molar-refractivity contribution in [2.75, 3.05) is 6.54 Å². The average Bonchev–Trinajstić information content (AvgIpc) is 2.10. The number of nitrogens with one attached hydrogen (secondary N) is 1. The molecule has 1 aromatic carbocycles. The number of hydrogen-bond acceptors (Lipinski definition) is 2. The number of carbonyl (C=O) groups excluding carboxylic acids is 1. The van der Waals surface area contributed by atoms with Crippen LogP contribution in [0.5, 0.6) is 0 Å². The lowest BCUT2D eigenvalue weighted by molar-refractivity contribution is -0.117. The van der Waals surface area contributed by atoms with Crippen LogP contribution in [0.15, 0.2) is 22.7 Å². The van der Waals surface area contributed by atoms with Gasteiger partial charge in [-0.2, -0.15) is 0 Å². The summed E-state index contributed by atoms with van der Waals surface area (Å²) in [5, 5.41) is 2.96. The summed E-state index contributed by atoms with van der Waals surface area (Å²) in [5.41, 5.74) is 7.33. The van der Waals surface area contributed by atoms with Crippen LogP contribution >= 0.6 is 15.9 Å². The van der Waals surface area contributed by atoms with Crippen LogP contribution < -0.4 is 11.1 Å². The molecule has 14 heavy (non-hydrogen) atoms. The first-order valence-corrected chi connectivity index (χ1v) is 5.13. The van der Waals surface area contributed by atoms with E-state index in [0.29, 0.717) is 6.54 Å². The van der Waals surface area contributed by atoms with Crippen molar-refractivity contribution in [2.45, 2.75) is 13.5 Å². The fourth-order valence-electron chi connectivity index (χ4n) is 1.15. The van der Waals surface area contributed by atoms with E-state index in [0.717, 1.165) is 10.0 Å². The van der Waals surface area contributed by atoms with Crippen molar-refractivity contribution in [2.24, 2.45) is 5.73 Å². The summed E-state index contributed by atoms with van der Waals surface area (Å²) in [5.74, 6) is -0.334. The molecule has 0 saturated carbocycles. The normalized spacial score (nSPS) is 10.1. The van der Waals surface area contributed by atoms with Gasteiger partial charge in [0.25, 0.3) is 0 Å². The van der Waals surface area contributed by atoms with E-state index in [1.54, 1.807) is 0 Å². The van der Waals surface area contributed by atoms with Gasteiger partial charge in [0.05, 0.1) is 6.54 Å². The first-order valence-electron chi connectivity index (χ1n) is 4.33. The van der Waals surface area contributed by atoms with E-state index >= 15 is 0 Å². The maximum atomic E-state index is 10.5. The fourth-order valence-corrected chi connectivity index (χ4v) is 1.39. The van der Waals surface area contributed by atoms with Crippen LogP contribution in [0.4, 0.5) is 0 Å². The molecule has 0 heterocycles. The Hall–Kier alpha value is -0.870. The zero-order valence-electron chi connectivity index (χ0n) is 8.01. The zero-order valence-corrected chi connectivity index (χ0v) is 9.60. The van der Waals surface area contributed by atoms with E-state index in [4.69, 9.17) is 5.73 Å². The molecule has 0 unspecified atom stereocenters. The summed E-state index contributed by atoms with van der Waals surface area (Å²) in [6, 6.07) is 6.07. The molecule has 0 atom stereocenters. The van der Waals surface area contributed by atoms with Gasteiger partial charge < -0.3 is 11.1 Å². The highest BCUT2D eigenvalue weighted by atomic mass is 79.9. The summed E-state index contributed by atoms with van der Waals surface area (Å²) in [6.45, 7) is 2.91. The van der Waals surface area contributed by atoms with Gasteiger partial charge in [-0.15, -0.1) is 0 Å². The zero-order chi connectivity index (χ0) is 10.6. The topological polar surface area (TPSA) is 55.1 Å². The van der Waals surface area contributed by atoms with Gasteiger partial charge in [-0.1, -0.05) is 28.1 Å². The van der Waals surface area contributed by atoms with Crippen molar-refractivity contribution >= 4 is 21.8 Å². The van der Waals surface area contributed by atoms with Crippen LogP contribution in [0.3, 0.4) is 0 Å². The molecule has 0 fully saturated rings. The molecule has 0 aliphatic heterocycles. The Morgan fingerprint density at radius 3 is 2.86 bits per heavy atom. The maximum Gasteiger partial charge on any atom is 0.231 e. The van der Waals surface area contributed by atoms with Crippen molar-refractivity contribution < 1.29 is 4.79 Å². The van der Waals surface area contributed by atoms with Gasteiger partial charge in [-0.25, -0.2) is 0 Å². The molecule has 0 radical (unpaired) electrons. The van der Waals surface area contributed by atoms with Crippen molar-refractivity contribution in [1.29, 1.82) is 0 Å². The van der Waals surface area contributed by atoms with E-state index in [9.17, 15) is 4.79 Å². The van der Waals surface area contributed by atoms with Crippen LogP contribution in [0.2, 0.25) is 0 Å². The molecule has 3 N–H and O–H groups in total. The van der Waals surface area contributed by atoms with Crippen LogP contribution in [0.25, 0.3) is 0 Å². The molecular formula is C10H13BrN2O. The number of halogens is 1. The number of hydrogen-bond donors (Lipinski definition) is 2. The molecule has 4 heteroatoms. The number of rotatable bonds is 4. The Bertz CT molecular complexity index is 339. The van der Waals surface area contributed by atoms with E-state index < -0.39 is 0 Å². The Balaban J connectivity index is 2.51. The SMILES string of the molecule is Cc1cc(CNCC(N)=O)ccc1Br. The Labute approximate surface area is 91.8 Å². The molecule has 1 rings (SSSR count). The molecule has 0 bridgehead atoms. The van der Waals surface area contributed by atoms with E-state index in [-0.39, 0.29) is 12.5 Å². The third-order valence-corrected chi connectivity index (χ3v) is 2.74. The minimum Gasteiger partial charge on any atom is -0.369 e. The highest BCUT2D eigenvalue weighted by molar-refractivity contribution is 9.10. The van der Waals surface area contributed by atoms with Gasteiger partial charge in [-0.05, 0) is 24.1 Å². The van der Waals surface area contributed by atoms with Gasteiger partial charge in [0.15, 0.2) is 0 Å². The van der Waals surface area contributed by atoms with Gasteiger partial charge in [-0.3, -0.25) is 4.79 Å². The second-order valence-electron chi connectivity index (χ2n) is 3.15. The standard InChI is InChI=1S/C10H13BrN2O/c1-7-4-8(2-3-9(7)11)5-13-6-10(12)14/h2-4,13H,5-6H2,1H3,(H2,12,14). The molecule has 0 aromatic heterocycles. The molecule has 0 spiro atoms. The van der Waals surface area contributed by atoms with Crippen molar-refractivity contribution in [3.8, 4) is 0 Å². The smallest absolute Gasteiger partial charge is 0.231 e. The highest BCUT2D eigenvalue weighted by Gasteiger charge is 1.98. The Morgan fingerprint density at radius 2 is 2.29 bits per heavy atom. The molecule has 0 aliphatic rings. The van der Waals surface area contributed by atoms with Crippen LogP contribution in [-0.4, -0.2) is 12.5 Å². The monoisotopic (exact) mass is 256 g/mol. The van der Waals surface area contributed by atoms with Gasteiger partial charge >= 0.3 is 0 Å². The molecule has 1 aromatic rings. The Kier molecular flexibility index (Phi) is 4.10. The minimum atomic E-state index is -0.334. The highest BCUT2D eigenvalue weighted by Crippen LogP contribution is 2.16. The van der Waals surface area contributed by atoms with Crippen LogP contribution in [0, 0.1) is 6.92 Å². The quantitative estimate of drug-likeness (QED) is 0.855. The number of amides is 1. The van der Waals surface area contributed by atoms with E-state index in [1.165, 1.54) is 5.56 Å². The van der Waals surface area contributed by atoms with Crippen molar-refractivity contribution in [3.05, 3.63) is 33.8 Å². The third kappa shape index (κ3) is 3.47. The first kappa shape index (κ1) is 11.2.